The first-order valence-electron chi connectivity index (χ1n) is 22.5. The Balaban J connectivity index is 4.35. The lowest BCUT2D eigenvalue weighted by atomic mass is 10.1. The van der Waals surface area contributed by atoms with E-state index in [0.29, 0.717) is 19.3 Å². The summed E-state index contributed by atoms with van der Waals surface area (Å²) in [5.74, 6) is -0.915. The largest absolute Gasteiger partial charge is 0.462 e. The molecule has 6 nitrogen and oxygen atoms in total. The number of hydrogen-bond donors (Lipinski definition) is 0. The van der Waals surface area contributed by atoms with E-state index in [1.54, 1.807) is 0 Å². The summed E-state index contributed by atoms with van der Waals surface area (Å²) in [6.07, 6.45) is 47.0. The quantitative estimate of drug-likeness (QED) is 0.0269. The lowest BCUT2D eigenvalue weighted by Gasteiger charge is -2.18. The first kappa shape index (κ1) is 50.6. The Kier molecular flexibility index (Phi) is 40.5. The van der Waals surface area contributed by atoms with E-state index in [1.165, 1.54) is 89.9 Å². The highest BCUT2D eigenvalue weighted by atomic mass is 16.6. The van der Waals surface area contributed by atoms with E-state index in [4.69, 9.17) is 14.2 Å². The van der Waals surface area contributed by atoms with Gasteiger partial charge in [-0.2, -0.15) is 0 Å². The highest BCUT2D eigenvalue weighted by Crippen LogP contribution is 2.13. The van der Waals surface area contributed by atoms with Crippen LogP contribution in [0.25, 0.3) is 0 Å². The Hall–Kier alpha value is -2.37. The zero-order valence-electron chi connectivity index (χ0n) is 35.0. The van der Waals surface area contributed by atoms with Gasteiger partial charge < -0.3 is 14.2 Å². The first-order valence-corrected chi connectivity index (χ1v) is 22.5. The molecule has 0 aliphatic carbocycles. The molecule has 0 aromatic carbocycles. The molecule has 0 aromatic heterocycles. The molecule has 6 heteroatoms. The second-order valence-corrected chi connectivity index (χ2v) is 14.9. The van der Waals surface area contributed by atoms with Gasteiger partial charge in [-0.15, -0.1) is 0 Å². The van der Waals surface area contributed by atoms with Gasteiger partial charge in [0, 0.05) is 19.3 Å². The second-order valence-electron chi connectivity index (χ2n) is 14.9. The molecular formula is C47H84O6. The standard InChI is InChI=1S/C47H84O6/c1-4-7-10-13-16-19-22-23-24-25-26-29-31-34-37-40-46(49)52-43-44(53-47(50)41-38-35-32-28-21-18-15-12-9-6-3)42-51-45(48)39-36-33-30-27-20-17-14-11-8-5-2/h14-15,17-19,22,44H,4-13,16,20-21,23-43H2,1-3H3/b17-14-,18-15-,22-19-. The van der Waals surface area contributed by atoms with Crippen LogP contribution in [0.3, 0.4) is 0 Å². The summed E-state index contributed by atoms with van der Waals surface area (Å²) in [6, 6.07) is 0. The van der Waals surface area contributed by atoms with E-state index in [2.05, 4.69) is 57.2 Å². The van der Waals surface area contributed by atoms with Crippen molar-refractivity contribution in [3.05, 3.63) is 36.5 Å². The minimum Gasteiger partial charge on any atom is -0.462 e. The average molecular weight is 745 g/mol. The van der Waals surface area contributed by atoms with Crippen LogP contribution in [0.5, 0.6) is 0 Å². The molecule has 0 fully saturated rings. The summed E-state index contributed by atoms with van der Waals surface area (Å²) in [6.45, 7) is 6.50. The number of unbranched alkanes of at least 4 members (excludes halogenated alkanes) is 23. The van der Waals surface area contributed by atoms with Crippen LogP contribution in [0, 0.1) is 0 Å². The fourth-order valence-corrected chi connectivity index (χ4v) is 6.10. The number of allylic oxidation sites excluding steroid dienone is 6. The van der Waals surface area contributed by atoms with Crippen molar-refractivity contribution >= 4 is 17.9 Å². The zero-order chi connectivity index (χ0) is 38.7. The van der Waals surface area contributed by atoms with Crippen LogP contribution in [-0.2, 0) is 28.6 Å². The minimum atomic E-state index is -0.779. The van der Waals surface area contributed by atoms with Crippen molar-refractivity contribution in [1.82, 2.24) is 0 Å². The van der Waals surface area contributed by atoms with Crippen LogP contribution < -0.4 is 0 Å². The van der Waals surface area contributed by atoms with Crippen LogP contribution in [0.4, 0.5) is 0 Å². The van der Waals surface area contributed by atoms with Crippen LogP contribution in [0.1, 0.15) is 226 Å². The smallest absolute Gasteiger partial charge is 0.306 e. The van der Waals surface area contributed by atoms with E-state index >= 15 is 0 Å². The van der Waals surface area contributed by atoms with Gasteiger partial charge in [-0.25, -0.2) is 0 Å². The van der Waals surface area contributed by atoms with E-state index in [1.807, 2.05) is 0 Å². The Morgan fingerprint density at radius 3 is 1.00 bits per heavy atom. The van der Waals surface area contributed by atoms with Crippen molar-refractivity contribution in [2.24, 2.45) is 0 Å². The number of esters is 3. The molecular weight excluding hydrogens is 661 g/mol. The van der Waals surface area contributed by atoms with Gasteiger partial charge in [0.05, 0.1) is 0 Å². The van der Waals surface area contributed by atoms with Gasteiger partial charge in [0.1, 0.15) is 13.2 Å². The molecule has 0 radical (unpaired) electrons. The third kappa shape index (κ3) is 40.6. The summed E-state index contributed by atoms with van der Waals surface area (Å²) in [5, 5.41) is 0. The Morgan fingerprint density at radius 1 is 0.358 bits per heavy atom. The Bertz CT molecular complexity index is 907. The number of carbonyl (C=O) groups excluding carboxylic acids is 3. The SMILES string of the molecule is CCCC/C=C\CCCCCCC(=O)OCC(COC(=O)CCCCCCCCC/C=C\CCCCCC)OC(=O)CCCCCC/C=C\CCCC. The van der Waals surface area contributed by atoms with Gasteiger partial charge in [0.25, 0.3) is 0 Å². The summed E-state index contributed by atoms with van der Waals surface area (Å²) < 4.78 is 16.6. The van der Waals surface area contributed by atoms with Crippen molar-refractivity contribution in [1.29, 1.82) is 0 Å². The summed E-state index contributed by atoms with van der Waals surface area (Å²) in [5.41, 5.74) is 0. The number of ether oxygens (including phenoxy) is 3. The topological polar surface area (TPSA) is 78.9 Å². The lowest BCUT2D eigenvalue weighted by molar-refractivity contribution is -0.167. The van der Waals surface area contributed by atoms with Crippen molar-refractivity contribution in [3.8, 4) is 0 Å². The van der Waals surface area contributed by atoms with Crippen molar-refractivity contribution in [2.45, 2.75) is 232 Å². The highest BCUT2D eigenvalue weighted by molar-refractivity contribution is 5.71. The number of carbonyl (C=O) groups is 3. The summed E-state index contributed by atoms with van der Waals surface area (Å²) in [4.78, 5) is 37.6. The average Bonchev–Trinajstić information content (AvgIpc) is 3.15. The molecule has 0 spiro atoms. The van der Waals surface area contributed by atoms with E-state index in [0.717, 1.165) is 96.3 Å². The molecule has 1 atom stereocenters. The van der Waals surface area contributed by atoms with Crippen molar-refractivity contribution in [3.63, 3.8) is 0 Å². The Morgan fingerprint density at radius 2 is 0.642 bits per heavy atom. The number of hydrogen-bond acceptors (Lipinski definition) is 6. The maximum absolute atomic E-state index is 12.7. The molecule has 0 bridgehead atoms. The third-order valence-corrected chi connectivity index (χ3v) is 9.59. The van der Waals surface area contributed by atoms with Gasteiger partial charge in [0.15, 0.2) is 6.10 Å². The normalized spacial score (nSPS) is 12.3. The molecule has 1 unspecified atom stereocenters. The summed E-state index contributed by atoms with van der Waals surface area (Å²) >= 11 is 0. The van der Waals surface area contributed by atoms with Gasteiger partial charge in [-0.3, -0.25) is 14.4 Å². The van der Waals surface area contributed by atoms with Crippen LogP contribution >= 0.6 is 0 Å². The zero-order valence-corrected chi connectivity index (χ0v) is 35.0. The molecule has 53 heavy (non-hydrogen) atoms. The molecule has 0 aromatic rings. The van der Waals surface area contributed by atoms with Gasteiger partial charge in [0.2, 0.25) is 0 Å². The summed E-state index contributed by atoms with van der Waals surface area (Å²) in [7, 11) is 0. The van der Waals surface area contributed by atoms with Crippen molar-refractivity contribution in [2.75, 3.05) is 13.2 Å². The molecule has 0 saturated carbocycles. The van der Waals surface area contributed by atoms with Crippen LogP contribution in [0.2, 0.25) is 0 Å². The molecule has 0 saturated heterocycles. The van der Waals surface area contributed by atoms with Crippen molar-refractivity contribution < 1.29 is 28.6 Å². The fraction of sp³-hybridized carbons (Fsp3) is 0.809. The molecule has 308 valence electrons. The van der Waals surface area contributed by atoms with Gasteiger partial charge >= 0.3 is 17.9 Å². The predicted molar refractivity (Wildman–Crippen MR) is 224 cm³/mol. The Labute approximate surface area is 327 Å². The molecule has 0 aliphatic heterocycles. The third-order valence-electron chi connectivity index (χ3n) is 9.59. The van der Waals surface area contributed by atoms with Gasteiger partial charge in [-0.1, -0.05) is 160 Å². The lowest BCUT2D eigenvalue weighted by Crippen LogP contribution is -2.30. The monoisotopic (exact) mass is 745 g/mol. The van der Waals surface area contributed by atoms with Crippen LogP contribution in [-0.4, -0.2) is 37.2 Å². The second kappa shape index (κ2) is 42.4. The van der Waals surface area contributed by atoms with Gasteiger partial charge in [-0.05, 0) is 83.5 Å². The molecule has 0 heterocycles. The fourth-order valence-electron chi connectivity index (χ4n) is 6.10. The maximum atomic E-state index is 12.7. The molecule has 0 amide bonds. The number of rotatable bonds is 40. The van der Waals surface area contributed by atoms with Crippen LogP contribution in [0.15, 0.2) is 36.5 Å². The van der Waals surface area contributed by atoms with E-state index < -0.39 is 6.10 Å². The molecule has 0 N–H and O–H groups in total. The minimum absolute atomic E-state index is 0.0822. The maximum Gasteiger partial charge on any atom is 0.306 e. The predicted octanol–water partition coefficient (Wildman–Crippen LogP) is 14.2. The first-order chi connectivity index (χ1) is 26.0. The van der Waals surface area contributed by atoms with E-state index in [-0.39, 0.29) is 31.1 Å². The van der Waals surface area contributed by atoms with E-state index in [9.17, 15) is 14.4 Å². The highest BCUT2D eigenvalue weighted by Gasteiger charge is 2.19. The molecule has 0 rings (SSSR count). The molecule has 0 aliphatic rings.